The lowest BCUT2D eigenvalue weighted by Gasteiger charge is -2.27. The lowest BCUT2D eigenvalue weighted by atomic mass is 10.0. The highest BCUT2D eigenvalue weighted by molar-refractivity contribution is 7.57. The number of benzene rings is 2. The third kappa shape index (κ3) is 7.44. The SMILES string of the molecule is CCCCNP1[C@H](Cc2ccc(CCCC)cc2)CC[C@H]1c1ccc(CCCC)cc1. The molecule has 0 bridgehead atoms. The highest BCUT2D eigenvalue weighted by Crippen LogP contribution is 2.61. The van der Waals surface area contributed by atoms with Crippen molar-refractivity contribution >= 4 is 8.07 Å². The summed E-state index contributed by atoms with van der Waals surface area (Å²) in [6, 6.07) is 19.2. The number of hydrogen-bond donors (Lipinski definition) is 1. The number of hydrogen-bond acceptors (Lipinski definition) is 1. The predicted molar refractivity (Wildman–Crippen MR) is 139 cm³/mol. The van der Waals surface area contributed by atoms with Crippen molar-refractivity contribution < 1.29 is 0 Å². The first-order chi connectivity index (χ1) is 15.2. The second-order valence-electron chi connectivity index (χ2n) is 9.39. The highest BCUT2D eigenvalue weighted by Gasteiger charge is 2.36. The molecule has 1 unspecified atom stereocenters. The molecule has 1 aliphatic heterocycles. The van der Waals surface area contributed by atoms with Crippen LogP contribution in [0, 0.1) is 0 Å². The van der Waals surface area contributed by atoms with Gasteiger partial charge in [-0.05, 0) is 93.9 Å². The maximum atomic E-state index is 4.05. The van der Waals surface area contributed by atoms with Crippen LogP contribution in [0.5, 0.6) is 0 Å². The average Bonchev–Trinajstić information content (AvgIpc) is 3.20. The second kappa shape index (κ2) is 13.4. The molecular weight excluding hydrogens is 393 g/mol. The molecular formula is C29H44NP. The van der Waals surface area contributed by atoms with E-state index >= 15 is 0 Å². The quantitative estimate of drug-likeness (QED) is 0.244. The van der Waals surface area contributed by atoms with Crippen molar-refractivity contribution in [1.82, 2.24) is 5.09 Å². The minimum absolute atomic E-state index is 0.171. The Bertz CT molecular complexity index is 736. The summed E-state index contributed by atoms with van der Waals surface area (Å²) in [5, 5.41) is 4.05. The van der Waals surface area contributed by atoms with Crippen LogP contribution in [0.1, 0.15) is 100 Å². The summed E-state index contributed by atoms with van der Waals surface area (Å²) in [6.45, 7) is 8.03. The molecule has 1 N–H and O–H groups in total. The Labute approximate surface area is 193 Å². The molecule has 0 radical (unpaired) electrons. The molecule has 0 amide bonds. The van der Waals surface area contributed by atoms with E-state index in [9.17, 15) is 0 Å². The van der Waals surface area contributed by atoms with Gasteiger partial charge in [-0.15, -0.1) is 0 Å². The third-order valence-corrected chi connectivity index (χ3v) is 9.87. The first-order valence-corrected chi connectivity index (χ1v) is 14.4. The van der Waals surface area contributed by atoms with Gasteiger partial charge in [0.05, 0.1) is 0 Å². The van der Waals surface area contributed by atoms with Gasteiger partial charge in [-0.2, -0.15) is 0 Å². The zero-order valence-electron chi connectivity index (χ0n) is 20.2. The Morgan fingerprint density at radius 2 is 1.26 bits per heavy atom. The van der Waals surface area contributed by atoms with Crippen molar-refractivity contribution in [2.24, 2.45) is 0 Å². The van der Waals surface area contributed by atoms with Gasteiger partial charge in [-0.3, -0.25) is 5.09 Å². The van der Waals surface area contributed by atoms with Crippen molar-refractivity contribution in [3.63, 3.8) is 0 Å². The van der Waals surface area contributed by atoms with Crippen molar-refractivity contribution in [3.05, 3.63) is 70.8 Å². The summed E-state index contributed by atoms with van der Waals surface area (Å²) < 4.78 is 0. The topological polar surface area (TPSA) is 12.0 Å². The van der Waals surface area contributed by atoms with Gasteiger partial charge < -0.3 is 0 Å². The number of aryl methyl sites for hydroxylation is 2. The Kier molecular flexibility index (Phi) is 10.6. The van der Waals surface area contributed by atoms with E-state index in [-0.39, 0.29) is 8.07 Å². The maximum absolute atomic E-state index is 4.05. The highest BCUT2D eigenvalue weighted by atomic mass is 31.1. The number of nitrogens with one attached hydrogen (secondary N) is 1. The molecule has 3 rings (SSSR count). The Balaban J connectivity index is 1.67. The van der Waals surface area contributed by atoms with E-state index in [0.29, 0.717) is 0 Å². The van der Waals surface area contributed by atoms with Crippen LogP contribution >= 0.6 is 8.07 Å². The first kappa shape index (κ1) is 24.5. The van der Waals surface area contributed by atoms with Crippen LogP contribution in [0.2, 0.25) is 0 Å². The lowest BCUT2D eigenvalue weighted by Crippen LogP contribution is -2.18. The van der Waals surface area contributed by atoms with Crippen LogP contribution in [-0.4, -0.2) is 12.2 Å². The van der Waals surface area contributed by atoms with E-state index in [2.05, 4.69) is 74.4 Å². The molecule has 1 aliphatic rings. The van der Waals surface area contributed by atoms with Gasteiger partial charge in [0.25, 0.3) is 0 Å². The smallest absolute Gasteiger partial charge is 0.0175 e. The van der Waals surface area contributed by atoms with E-state index < -0.39 is 0 Å². The molecule has 2 aromatic rings. The molecule has 0 spiro atoms. The number of rotatable bonds is 13. The Morgan fingerprint density at radius 1 is 0.710 bits per heavy atom. The molecule has 2 heteroatoms. The van der Waals surface area contributed by atoms with Crippen LogP contribution in [0.4, 0.5) is 0 Å². The fraction of sp³-hybridized carbons (Fsp3) is 0.586. The van der Waals surface area contributed by atoms with Crippen LogP contribution in [0.25, 0.3) is 0 Å². The zero-order valence-corrected chi connectivity index (χ0v) is 21.1. The average molecular weight is 438 g/mol. The molecule has 31 heavy (non-hydrogen) atoms. The van der Waals surface area contributed by atoms with Crippen LogP contribution in [0.15, 0.2) is 48.5 Å². The van der Waals surface area contributed by atoms with Gasteiger partial charge in [-0.1, -0.05) is 88.6 Å². The molecule has 3 atom stereocenters. The summed E-state index contributed by atoms with van der Waals surface area (Å²) in [5.74, 6) is 0. The molecule has 0 aromatic heterocycles. The van der Waals surface area contributed by atoms with Crippen molar-refractivity contribution in [1.29, 1.82) is 0 Å². The van der Waals surface area contributed by atoms with Crippen molar-refractivity contribution in [2.45, 2.75) is 103 Å². The van der Waals surface area contributed by atoms with Crippen molar-refractivity contribution in [3.8, 4) is 0 Å². The van der Waals surface area contributed by atoms with Crippen LogP contribution in [-0.2, 0) is 19.3 Å². The van der Waals surface area contributed by atoms with Crippen LogP contribution < -0.4 is 5.09 Å². The fourth-order valence-electron chi connectivity index (χ4n) is 4.82. The summed E-state index contributed by atoms with van der Waals surface area (Å²) >= 11 is 0. The van der Waals surface area contributed by atoms with Gasteiger partial charge >= 0.3 is 0 Å². The first-order valence-electron chi connectivity index (χ1n) is 12.9. The molecule has 1 nitrogen and oxygen atoms in total. The van der Waals surface area contributed by atoms with Gasteiger partial charge in [0.1, 0.15) is 0 Å². The number of unbranched alkanes of at least 4 members (excludes halogenated alkanes) is 3. The van der Waals surface area contributed by atoms with Gasteiger partial charge in [-0.25, -0.2) is 0 Å². The third-order valence-electron chi connectivity index (χ3n) is 6.82. The summed E-state index contributed by atoms with van der Waals surface area (Å²) in [5.41, 5.74) is 7.64. The Hall–Kier alpha value is -1.17. The maximum Gasteiger partial charge on any atom is 0.0175 e. The van der Waals surface area contributed by atoms with E-state index in [1.54, 1.807) is 5.56 Å². The standard InChI is InChI=1S/C29H44NP/c1-4-7-10-24-12-14-26(15-13-24)23-28-20-21-29(31(28)30-22-9-6-3)27-18-16-25(17-19-27)11-8-5-2/h12-19,28-30H,4-11,20-23H2,1-3H3/t28-,29-,31?/m0/s1. The summed E-state index contributed by atoms with van der Waals surface area (Å²) in [6.07, 6.45) is 14.1. The molecule has 2 aromatic carbocycles. The predicted octanol–water partition coefficient (Wildman–Crippen LogP) is 8.60. The molecule has 170 valence electrons. The molecule has 1 saturated heterocycles. The van der Waals surface area contributed by atoms with Gasteiger partial charge in [0.15, 0.2) is 0 Å². The molecule has 0 saturated carbocycles. The van der Waals surface area contributed by atoms with Gasteiger partial charge in [0, 0.05) is 5.66 Å². The lowest BCUT2D eigenvalue weighted by molar-refractivity contribution is 0.732. The monoisotopic (exact) mass is 437 g/mol. The summed E-state index contributed by atoms with van der Waals surface area (Å²) in [7, 11) is -0.171. The minimum atomic E-state index is -0.171. The molecule has 1 fully saturated rings. The Morgan fingerprint density at radius 3 is 1.84 bits per heavy atom. The largest absolute Gasteiger partial charge is 0.295 e. The minimum Gasteiger partial charge on any atom is -0.295 e. The van der Waals surface area contributed by atoms with E-state index in [1.807, 2.05) is 0 Å². The van der Waals surface area contributed by atoms with E-state index in [0.717, 1.165) is 11.3 Å². The fourth-order valence-corrected chi connectivity index (χ4v) is 7.98. The van der Waals surface area contributed by atoms with Crippen molar-refractivity contribution in [2.75, 3.05) is 6.54 Å². The van der Waals surface area contributed by atoms with Gasteiger partial charge in [0.2, 0.25) is 0 Å². The molecule has 0 aliphatic carbocycles. The normalized spacial score (nSPS) is 20.9. The zero-order chi connectivity index (χ0) is 21.9. The van der Waals surface area contributed by atoms with Crippen LogP contribution in [0.3, 0.4) is 0 Å². The van der Waals surface area contributed by atoms with E-state index in [4.69, 9.17) is 0 Å². The second-order valence-corrected chi connectivity index (χ2v) is 11.9. The summed E-state index contributed by atoms with van der Waals surface area (Å²) in [4.78, 5) is 0. The van der Waals surface area contributed by atoms with E-state index in [1.165, 1.54) is 93.9 Å². The molecule has 1 heterocycles.